The molecule has 49 heavy (non-hydrogen) atoms. The SMILES string of the molecule is CC(C)N(CC(F)(F)F)C(=O)c1cc(F)ccc1Oc1cncnc1N1CC2(CCN(C[C@@]3(O)CC[C@@H](NS(=O)(=O)N(C)C)CO3)CC2)C1. The number of hydrogen-bond acceptors (Lipinski definition) is 10. The van der Waals surface area contributed by atoms with Crippen LogP contribution in [0.1, 0.15) is 49.9 Å². The molecule has 4 heterocycles. The van der Waals surface area contributed by atoms with Gasteiger partial charge in [0.25, 0.3) is 16.1 Å². The van der Waals surface area contributed by atoms with Crippen molar-refractivity contribution in [2.45, 2.75) is 63.6 Å². The summed E-state index contributed by atoms with van der Waals surface area (Å²) in [4.78, 5) is 26.4. The van der Waals surface area contributed by atoms with Gasteiger partial charge < -0.3 is 24.4 Å². The first-order chi connectivity index (χ1) is 22.9. The molecule has 3 fully saturated rings. The average molecular weight is 718 g/mol. The number of amides is 1. The van der Waals surface area contributed by atoms with Gasteiger partial charge in [0, 0.05) is 51.1 Å². The highest BCUT2D eigenvalue weighted by Crippen LogP contribution is 2.45. The summed E-state index contributed by atoms with van der Waals surface area (Å²) in [5, 5.41) is 11.1. The monoisotopic (exact) mass is 717 g/mol. The summed E-state index contributed by atoms with van der Waals surface area (Å²) in [6.45, 7) is 4.48. The van der Waals surface area contributed by atoms with Gasteiger partial charge in [-0.25, -0.2) is 14.4 Å². The van der Waals surface area contributed by atoms with E-state index in [2.05, 4.69) is 19.6 Å². The van der Waals surface area contributed by atoms with E-state index >= 15 is 0 Å². The number of carbonyl (C=O) groups is 1. The highest BCUT2D eigenvalue weighted by Gasteiger charge is 2.47. The van der Waals surface area contributed by atoms with Gasteiger partial charge in [0.15, 0.2) is 17.4 Å². The van der Waals surface area contributed by atoms with Gasteiger partial charge in [0.2, 0.25) is 0 Å². The van der Waals surface area contributed by atoms with Crippen molar-refractivity contribution in [2.24, 2.45) is 5.41 Å². The number of hydrogen-bond donors (Lipinski definition) is 2. The van der Waals surface area contributed by atoms with Gasteiger partial charge in [-0.15, -0.1) is 0 Å². The maximum Gasteiger partial charge on any atom is 0.406 e. The van der Waals surface area contributed by atoms with E-state index in [1.807, 2.05) is 4.90 Å². The van der Waals surface area contributed by atoms with Crippen LogP contribution in [0.2, 0.25) is 0 Å². The number of piperidine rings is 1. The van der Waals surface area contributed by atoms with Crippen LogP contribution >= 0.6 is 0 Å². The molecule has 0 saturated carbocycles. The van der Waals surface area contributed by atoms with E-state index in [0.29, 0.717) is 56.3 Å². The number of alkyl halides is 3. The zero-order chi connectivity index (χ0) is 35.8. The van der Waals surface area contributed by atoms with Gasteiger partial charge in [-0.1, -0.05) is 0 Å². The molecule has 3 aliphatic rings. The standard InChI is InChI=1S/C31H43F4N7O6S/c1-21(2)42(19-31(33,34)35)28(43)24-13-22(32)5-6-25(24)48-26-14-36-20-37-27(26)41-16-29(17-41)9-11-40(12-10-29)18-30(44)8-7-23(15-47-30)38-49(45,46)39(3)4/h5-6,13-14,20-21,23,38,44H,7-12,15-19H2,1-4H3/t23-,30-/m1/s1. The molecule has 1 aromatic carbocycles. The molecule has 3 saturated heterocycles. The number of carbonyl (C=O) groups excluding carboxylic acids is 1. The minimum Gasteiger partial charge on any atom is -0.451 e. The van der Waals surface area contributed by atoms with E-state index in [-0.39, 0.29) is 29.1 Å². The van der Waals surface area contributed by atoms with Gasteiger partial charge in [-0.2, -0.15) is 30.6 Å². The number of ether oxygens (including phenoxy) is 2. The second-order valence-corrected chi connectivity index (χ2v) is 15.5. The summed E-state index contributed by atoms with van der Waals surface area (Å²) in [5.41, 5.74) is -0.370. The van der Waals surface area contributed by atoms with Crippen LogP contribution in [0.4, 0.5) is 23.4 Å². The maximum atomic E-state index is 14.3. The van der Waals surface area contributed by atoms with E-state index in [0.717, 1.165) is 29.3 Å². The first-order valence-corrected chi connectivity index (χ1v) is 17.5. The van der Waals surface area contributed by atoms with Crippen molar-refractivity contribution in [3.05, 3.63) is 42.1 Å². The fourth-order valence-electron chi connectivity index (χ4n) is 6.44. The van der Waals surface area contributed by atoms with Gasteiger partial charge in [0.05, 0.1) is 24.9 Å². The number of aliphatic hydroxyl groups is 1. The normalized spacial score (nSPS) is 23.2. The summed E-state index contributed by atoms with van der Waals surface area (Å²) in [6.07, 6.45) is 0.499. The van der Waals surface area contributed by atoms with Crippen LogP contribution < -0.4 is 14.4 Å². The van der Waals surface area contributed by atoms with Gasteiger partial charge >= 0.3 is 6.18 Å². The molecule has 0 bridgehead atoms. The minimum atomic E-state index is -4.65. The number of aromatic nitrogens is 2. The fraction of sp³-hybridized carbons (Fsp3) is 0.645. The van der Waals surface area contributed by atoms with Gasteiger partial charge in [-0.05, 0) is 64.4 Å². The highest BCUT2D eigenvalue weighted by atomic mass is 32.2. The topological polar surface area (TPSA) is 141 Å². The summed E-state index contributed by atoms with van der Waals surface area (Å²) >= 11 is 0. The van der Waals surface area contributed by atoms with Crippen LogP contribution in [0.5, 0.6) is 11.5 Å². The Hall–Kier alpha value is -3.16. The molecule has 2 atom stereocenters. The summed E-state index contributed by atoms with van der Waals surface area (Å²) in [7, 11) is -0.727. The van der Waals surface area contributed by atoms with Crippen LogP contribution in [0.25, 0.3) is 0 Å². The van der Waals surface area contributed by atoms with Crippen molar-refractivity contribution >= 4 is 21.9 Å². The van der Waals surface area contributed by atoms with Gasteiger partial charge in [-0.3, -0.25) is 9.69 Å². The Morgan fingerprint density at radius 3 is 2.47 bits per heavy atom. The summed E-state index contributed by atoms with van der Waals surface area (Å²) < 4.78 is 93.8. The Kier molecular flexibility index (Phi) is 10.8. The molecule has 18 heteroatoms. The number of benzene rings is 1. The maximum absolute atomic E-state index is 14.3. The van der Waals surface area contributed by atoms with Crippen molar-refractivity contribution in [2.75, 3.05) is 64.9 Å². The predicted molar refractivity (Wildman–Crippen MR) is 171 cm³/mol. The fourth-order valence-corrected chi connectivity index (χ4v) is 7.26. The zero-order valence-corrected chi connectivity index (χ0v) is 28.7. The molecule has 1 amide bonds. The van der Waals surface area contributed by atoms with Crippen LogP contribution in [0.15, 0.2) is 30.7 Å². The van der Waals surface area contributed by atoms with Crippen molar-refractivity contribution in [3.8, 4) is 11.5 Å². The Morgan fingerprint density at radius 2 is 1.88 bits per heavy atom. The van der Waals surface area contributed by atoms with Crippen LogP contribution in [-0.2, 0) is 14.9 Å². The number of nitrogens with one attached hydrogen (secondary N) is 1. The van der Waals surface area contributed by atoms with E-state index in [1.165, 1.54) is 46.5 Å². The third-order valence-corrected chi connectivity index (χ3v) is 10.8. The second-order valence-electron chi connectivity index (χ2n) is 13.6. The van der Waals surface area contributed by atoms with Gasteiger partial charge in [0.1, 0.15) is 24.4 Å². The average Bonchev–Trinajstić information content (AvgIpc) is 3.01. The Bertz CT molecular complexity index is 1590. The lowest BCUT2D eigenvalue weighted by Crippen LogP contribution is -2.62. The number of anilines is 1. The lowest BCUT2D eigenvalue weighted by Gasteiger charge is -2.55. The molecular formula is C31H43F4N7O6S. The number of halogens is 4. The minimum absolute atomic E-state index is 0.0172. The lowest BCUT2D eigenvalue weighted by molar-refractivity contribution is -0.239. The van der Waals surface area contributed by atoms with Crippen molar-refractivity contribution in [1.82, 2.24) is 28.8 Å². The van der Waals surface area contributed by atoms with Crippen molar-refractivity contribution < 1.29 is 45.4 Å². The number of β-amino-alcohol motifs (C(OH)–C–C–N with tert-alkyl or cyclic N) is 1. The van der Waals surface area contributed by atoms with Crippen molar-refractivity contribution in [3.63, 3.8) is 0 Å². The molecule has 272 valence electrons. The molecule has 2 aromatic rings. The summed E-state index contributed by atoms with van der Waals surface area (Å²) in [6, 6.07) is 1.88. The molecule has 3 aliphatic heterocycles. The quantitative estimate of drug-likeness (QED) is 0.334. The molecule has 2 N–H and O–H groups in total. The number of likely N-dealkylation sites (tertiary alicyclic amines) is 1. The first kappa shape index (κ1) is 37.1. The Labute approximate surface area is 283 Å². The number of nitrogens with zero attached hydrogens (tertiary/aromatic N) is 6. The molecule has 13 nitrogen and oxygen atoms in total. The molecule has 0 radical (unpaired) electrons. The molecule has 5 rings (SSSR count). The smallest absolute Gasteiger partial charge is 0.406 e. The third-order valence-electron chi connectivity index (χ3n) is 9.26. The molecule has 1 aromatic heterocycles. The lowest BCUT2D eigenvalue weighted by atomic mass is 9.72. The van der Waals surface area contributed by atoms with Crippen molar-refractivity contribution in [1.29, 1.82) is 0 Å². The van der Waals surface area contributed by atoms with Crippen LogP contribution in [0, 0.1) is 11.2 Å². The Balaban J connectivity index is 1.18. The molecule has 0 aliphatic carbocycles. The summed E-state index contributed by atoms with van der Waals surface area (Å²) in [5.74, 6) is -2.71. The van der Waals surface area contributed by atoms with E-state index < -0.39 is 52.5 Å². The van der Waals surface area contributed by atoms with E-state index in [9.17, 15) is 35.9 Å². The van der Waals surface area contributed by atoms with E-state index in [4.69, 9.17) is 9.47 Å². The second kappa shape index (κ2) is 14.2. The largest absolute Gasteiger partial charge is 0.451 e. The van der Waals surface area contributed by atoms with E-state index in [1.54, 1.807) is 0 Å². The highest BCUT2D eigenvalue weighted by molar-refractivity contribution is 7.87. The predicted octanol–water partition coefficient (Wildman–Crippen LogP) is 2.99. The molecule has 1 spiro atoms. The van der Waals surface area contributed by atoms with Crippen LogP contribution in [-0.4, -0.2) is 128 Å². The molecular weight excluding hydrogens is 674 g/mol. The first-order valence-electron chi connectivity index (χ1n) is 16.1. The number of rotatable bonds is 11. The Morgan fingerprint density at radius 1 is 1.18 bits per heavy atom. The molecule has 0 unspecified atom stereocenters. The third kappa shape index (κ3) is 8.96. The van der Waals surface area contributed by atoms with Crippen LogP contribution in [0.3, 0.4) is 0 Å². The zero-order valence-electron chi connectivity index (χ0n) is 27.9.